The summed E-state index contributed by atoms with van der Waals surface area (Å²) >= 11 is 13.1. The van der Waals surface area contributed by atoms with Gasteiger partial charge >= 0.3 is 11.1 Å². The van der Waals surface area contributed by atoms with Crippen LogP contribution in [0.2, 0.25) is 10.0 Å². The van der Waals surface area contributed by atoms with E-state index >= 15 is 4.39 Å². The Kier molecular flexibility index (Phi) is 8.15. The van der Waals surface area contributed by atoms with Crippen molar-refractivity contribution in [2.45, 2.75) is 51.7 Å². The molecule has 0 unspecified atom stereocenters. The molecule has 1 aliphatic rings. The van der Waals surface area contributed by atoms with E-state index in [0.717, 1.165) is 14.0 Å². The number of hydrogen-bond acceptors (Lipinski definition) is 6. The van der Waals surface area contributed by atoms with E-state index in [1.54, 1.807) is 12.3 Å². The number of amides is 1. The molecule has 3 aromatic heterocycles. The van der Waals surface area contributed by atoms with E-state index < -0.39 is 48.2 Å². The molecule has 13 heteroatoms. The Bertz CT molecular complexity index is 1920. The van der Waals surface area contributed by atoms with Gasteiger partial charge in [0.2, 0.25) is 0 Å². The second-order valence-corrected chi connectivity index (χ2v) is 12.3. The first-order valence-corrected chi connectivity index (χ1v) is 14.6. The number of nitrogens with zero attached hydrogens (tertiary/aromatic N) is 5. The van der Waals surface area contributed by atoms with Crippen molar-refractivity contribution in [3.8, 4) is 22.7 Å². The van der Waals surface area contributed by atoms with E-state index in [0.29, 0.717) is 16.9 Å². The second-order valence-electron chi connectivity index (χ2n) is 11.5. The summed E-state index contributed by atoms with van der Waals surface area (Å²) in [5.74, 6) is -2.80. The first-order chi connectivity index (χ1) is 20.6. The van der Waals surface area contributed by atoms with Crippen molar-refractivity contribution in [1.82, 2.24) is 24.0 Å². The van der Waals surface area contributed by atoms with Gasteiger partial charge < -0.3 is 10.0 Å². The number of rotatable bonds is 7. The zero-order valence-corrected chi connectivity index (χ0v) is 25.9. The fourth-order valence-corrected chi connectivity index (χ4v) is 5.99. The highest BCUT2D eigenvalue weighted by Gasteiger charge is 2.47. The standard InChI is InChI=1S/C31H29Cl2F2N5O4/c1-15(2)18-9-10-36-24(16(3)4)26(18)40-27-21(11-20(33)25(37-27)23-19(32)7-6-8-22(23)41)39(29(43)30(40)44)14-31(35)12-38(13-31)28(42)17(5)34/h6-11,15-16,41H,5,12-14H2,1-4H3. The smallest absolute Gasteiger partial charge is 0.322 e. The molecular formula is C31H29Cl2F2N5O4. The van der Waals surface area contributed by atoms with E-state index in [1.807, 2.05) is 27.7 Å². The summed E-state index contributed by atoms with van der Waals surface area (Å²) in [6, 6.07) is 7.57. The van der Waals surface area contributed by atoms with Gasteiger partial charge in [0.05, 0.1) is 57.8 Å². The lowest BCUT2D eigenvalue weighted by atomic mass is 9.95. The maximum atomic E-state index is 15.9. The van der Waals surface area contributed by atoms with Crippen molar-refractivity contribution in [3.63, 3.8) is 0 Å². The molecule has 1 amide bonds. The molecule has 1 aromatic carbocycles. The molecule has 0 spiro atoms. The lowest BCUT2D eigenvalue weighted by Crippen LogP contribution is -2.63. The number of hydrogen-bond donors (Lipinski definition) is 1. The third kappa shape index (κ3) is 5.28. The quantitative estimate of drug-likeness (QED) is 0.198. The molecule has 0 aliphatic carbocycles. The van der Waals surface area contributed by atoms with Gasteiger partial charge in [-0.25, -0.2) is 13.8 Å². The van der Waals surface area contributed by atoms with Gasteiger partial charge in [0, 0.05) is 6.20 Å². The third-order valence-corrected chi connectivity index (χ3v) is 8.19. The topological polar surface area (TPSA) is 110 Å². The van der Waals surface area contributed by atoms with Crippen LogP contribution in [0.5, 0.6) is 5.75 Å². The number of alkyl halides is 1. The molecule has 9 nitrogen and oxygen atoms in total. The molecule has 4 aromatic rings. The minimum Gasteiger partial charge on any atom is -0.507 e. The van der Waals surface area contributed by atoms with Crippen LogP contribution in [0.3, 0.4) is 0 Å². The third-order valence-electron chi connectivity index (χ3n) is 7.58. The first kappa shape index (κ1) is 31.3. The van der Waals surface area contributed by atoms with Crippen molar-refractivity contribution >= 4 is 40.3 Å². The van der Waals surface area contributed by atoms with Crippen LogP contribution in [0.15, 0.2) is 58.5 Å². The van der Waals surface area contributed by atoms with E-state index in [9.17, 15) is 23.9 Å². The molecular weight excluding hydrogens is 615 g/mol. The molecule has 230 valence electrons. The number of aromatic hydroxyl groups is 1. The first-order valence-electron chi connectivity index (χ1n) is 13.8. The monoisotopic (exact) mass is 643 g/mol. The van der Waals surface area contributed by atoms with Gasteiger partial charge in [-0.05, 0) is 41.7 Å². The zero-order valence-electron chi connectivity index (χ0n) is 24.4. The van der Waals surface area contributed by atoms with Crippen LogP contribution < -0.4 is 11.1 Å². The van der Waals surface area contributed by atoms with Gasteiger partial charge in [-0.15, -0.1) is 0 Å². The van der Waals surface area contributed by atoms with Crippen LogP contribution in [0.4, 0.5) is 8.78 Å². The van der Waals surface area contributed by atoms with Crippen molar-refractivity contribution in [3.05, 3.63) is 90.9 Å². The summed E-state index contributed by atoms with van der Waals surface area (Å²) in [6.07, 6.45) is 1.63. The zero-order chi connectivity index (χ0) is 32.2. The molecule has 1 N–H and O–H groups in total. The van der Waals surface area contributed by atoms with Crippen molar-refractivity contribution in [2.75, 3.05) is 13.1 Å². The number of phenols is 1. The van der Waals surface area contributed by atoms with Gasteiger partial charge in [-0.2, -0.15) is 0 Å². The van der Waals surface area contributed by atoms with Crippen LogP contribution in [0, 0.1) is 0 Å². The second kappa shape index (κ2) is 11.4. The van der Waals surface area contributed by atoms with Crippen molar-refractivity contribution < 1.29 is 18.7 Å². The van der Waals surface area contributed by atoms with Crippen molar-refractivity contribution in [2.24, 2.45) is 0 Å². The number of halogens is 4. The summed E-state index contributed by atoms with van der Waals surface area (Å²) in [5, 5.41) is 10.8. The van der Waals surface area contributed by atoms with Gasteiger partial charge in [0.25, 0.3) is 5.91 Å². The number of fused-ring (bicyclic) bond motifs is 1. The summed E-state index contributed by atoms with van der Waals surface area (Å²) in [4.78, 5) is 50.0. The summed E-state index contributed by atoms with van der Waals surface area (Å²) in [5.41, 5.74) is -2.57. The molecule has 0 radical (unpaired) electrons. The molecule has 1 fully saturated rings. The average Bonchev–Trinajstić information content (AvgIpc) is 2.94. The van der Waals surface area contributed by atoms with Crippen LogP contribution in [0.25, 0.3) is 28.1 Å². The molecule has 0 bridgehead atoms. The Balaban J connectivity index is 1.86. The molecule has 5 rings (SSSR count). The fraction of sp³-hybridized carbons (Fsp3) is 0.323. The highest BCUT2D eigenvalue weighted by Crippen LogP contribution is 2.40. The van der Waals surface area contributed by atoms with E-state index in [4.69, 9.17) is 28.2 Å². The Labute approximate surface area is 261 Å². The molecule has 44 heavy (non-hydrogen) atoms. The minimum absolute atomic E-state index is 0.0138. The Morgan fingerprint density at radius 1 is 1.09 bits per heavy atom. The SMILES string of the molecule is C=C(F)C(=O)N1CC(F)(Cn2c(=O)c(=O)n(-c3c(C(C)C)ccnc3C(C)C)c3nc(-c4c(O)cccc4Cl)c(Cl)cc32)C1. The fourth-order valence-electron chi connectivity index (χ4n) is 5.49. The molecule has 0 atom stereocenters. The minimum atomic E-state index is -2.16. The highest BCUT2D eigenvalue weighted by atomic mass is 35.5. The van der Waals surface area contributed by atoms with Crippen LogP contribution >= 0.6 is 23.2 Å². The van der Waals surface area contributed by atoms with Crippen molar-refractivity contribution in [1.29, 1.82) is 0 Å². The largest absolute Gasteiger partial charge is 0.507 e. The van der Waals surface area contributed by atoms with Gasteiger partial charge in [0.1, 0.15) is 5.75 Å². The van der Waals surface area contributed by atoms with Gasteiger partial charge in [-0.1, -0.05) is 63.5 Å². The number of benzene rings is 1. The maximum Gasteiger partial charge on any atom is 0.322 e. The predicted octanol–water partition coefficient (Wildman–Crippen LogP) is 5.90. The van der Waals surface area contributed by atoms with Crippen LogP contribution in [0.1, 0.15) is 50.8 Å². The molecule has 4 heterocycles. The average molecular weight is 645 g/mol. The number of carbonyl (C=O) groups is 1. The summed E-state index contributed by atoms with van der Waals surface area (Å²) in [6.45, 7) is 8.92. The van der Waals surface area contributed by atoms with E-state index in [2.05, 4.69) is 11.6 Å². The molecule has 1 aliphatic heterocycles. The Morgan fingerprint density at radius 3 is 2.36 bits per heavy atom. The molecule has 1 saturated heterocycles. The number of pyridine rings is 2. The number of aromatic nitrogens is 4. The number of likely N-dealkylation sites (tertiary alicyclic amines) is 1. The Morgan fingerprint density at radius 2 is 1.77 bits per heavy atom. The molecule has 0 saturated carbocycles. The predicted molar refractivity (Wildman–Crippen MR) is 165 cm³/mol. The number of carbonyl (C=O) groups excluding carboxylic acids is 1. The van der Waals surface area contributed by atoms with Gasteiger partial charge in [-0.3, -0.25) is 28.5 Å². The van der Waals surface area contributed by atoms with Crippen LogP contribution in [-0.4, -0.2) is 53.8 Å². The lowest BCUT2D eigenvalue weighted by molar-refractivity contribution is -0.143. The van der Waals surface area contributed by atoms with Gasteiger partial charge in [0.15, 0.2) is 17.1 Å². The highest BCUT2D eigenvalue weighted by molar-refractivity contribution is 6.37. The summed E-state index contributed by atoms with van der Waals surface area (Å²) < 4.78 is 31.3. The normalized spacial score (nSPS) is 14.4. The van der Waals surface area contributed by atoms with Crippen LogP contribution in [-0.2, 0) is 11.3 Å². The summed E-state index contributed by atoms with van der Waals surface area (Å²) in [7, 11) is 0. The van der Waals surface area contributed by atoms with E-state index in [1.165, 1.54) is 24.3 Å². The van der Waals surface area contributed by atoms with E-state index in [-0.39, 0.29) is 50.1 Å². The lowest BCUT2D eigenvalue weighted by Gasteiger charge is -2.44. The Hall–Kier alpha value is -4.09. The number of phenolic OH excluding ortho intramolecular Hbond substituents is 1. The maximum absolute atomic E-state index is 15.9.